The highest BCUT2D eigenvalue weighted by molar-refractivity contribution is 7.99. The van der Waals surface area contributed by atoms with Crippen LogP contribution in [0.5, 0.6) is 0 Å². The van der Waals surface area contributed by atoms with Crippen molar-refractivity contribution in [3.8, 4) is 0 Å². The largest absolute Gasteiger partial charge is 0.465 e. The van der Waals surface area contributed by atoms with Gasteiger partial charge in [-0.3, -0.25) is 0 Å². The Morgan fingerprint density at radius 3 is 2.48 bits per heavy atom. The van der Waals surface area contributed by atoms with Crippen LogP contribution in [0.25, 0.3) is 0 Å². The highest BCUT2D eigenvalue weighted by atomic mass is 35.5. The summed E-state index contributed by atoms with van der Waals surface area (Å²) in [5.41, 5.74) is 2.47. The van der Waals surface area contributed by atoms with E-state index >= 15 is 0 Å². The van der Waals surface area contributed by atoms with Crippen LogP contribution in [0.2, 0.25) is 15.1 Å². The molecule has 0 spiro atoms. The van der Waals surface area contributed by atoms with Crippen LogP contribution < -0.4 is 5.32 Å². The van der Waals surface area contributed by atoms with E-state index in [9.17, 15) is 18.0 Å². The van der Waals surface area contributed by atoms with E-state index in [0.29, 0.717) is 36.1 Å². The number of carbonyl (C=O) groups is 1. The number of amides is 1. The van der Waals surface area contributed by atoms with Gasteiger partial charge in [-0.1, -0.05) is 46.9 Å². The third-order valence-electron chi connectivity index (χ3n) is 5.49. The second-order valence-electron chi connectivity index (χ2n) is 7.34. The number of aryl methyl sites for hydroxylation is 1. The first-order valence-corrected chi connectivity index (χ1v) is 11.0. The van der Waals surface area contributed by atoms with Gasteiger partial charge in [0.2, 0.25) is 0 Å². The molecule has 0 saturated carbocycles. The summed E-state index contributed by atoms with van der Waals surface area (Å²) in [5.74, 6) is 0. The fourth-order valence-electron chi connectivity index (χ4n) is 3.94. The molecular formula is C20H14Cl3F3N2O2S. The van der Waals surface area contributed by atoms with Crippen LogP contribution in [0.3, 0.4) is 0 Å². The molecule has 2 aliphatic rings. The number of carboxylic acid groups (broad SMARTS) is 1. The molecule has 0 fully saturated rings. The quantitative estimate of drug-likeness (QED) is 0.340. The molecule has 2 atom stereocenters. The van der Waals surface area contributed by atoms with Crippen LogP contribution in [0, 0.1) is 0 Å². The maximum Gasteiger partial charge on any atom is 0.409 e. The molecular weight excluding hydrogens is 496 g/mol. The van der Waals surface area contributed by atoms with Crippen molar-refractivity contribution in [1.82, 2.24) is 5.32 Å². The summed E-state index contributed by atoms with van der Waals surface area (Å²) in [7, 11) is 0. The summed E-state index contributed by atoms with van der Waals surface area (Å²) >= 11 is 18.3. The minimum atomic E-state index is -4.63. The lowest BCUT2D eigenvalue weighted by Gasteiger charge is -2.30. The molecule has 1 amide bonds. The number of nitrogens with zero attached hydrogens (tertiary/aromatic N) is 1. The van der Waals surface area contributed by atoms with E-state index < -0.39 is 23.4 Å². The molecule has 1 heterocycles. The van der Waals surface area contributed by atoms with Gasteiger partial charge in [-0.05, 0) is 65.2 Å². The lowest BCUT2D eigenvalue weighted by molar-refractivity contribution is -0.159. The van der Waals surface area contributed by atoms with Crippen molar-refractivity contribution in [2.24, 2.45) is 4.40 Å². The Morgan fingerprint density at radius 2 is 1.87 bits per heavy atom. The van der Waals surface area contributed by atoms with E-state index in [2.05, 4.69) is 9.71 Å². The molecule has 0 saturated heterocycles. The minimum absolute atomic E-state index is 0.00306. The maximum atomic E-state index is 14.3. The number of rotatable bonds is 3. The number of fused-ring (bicyclic) bond motifs is 1. The smallest absolute Gasteiger partial charge is 0.409 e. The van der Waals surface area contributed by atoms with Gasteiger partial charge in [0.25, 0.3) is 0 Å². The first-order chi connectivity index (χ1) is 14.5. The van der Waals surface area contributed by atoms with Crippen molar-refractivity contribution in [2.75, 3.05) is 0 Å². The summed E-state index contributed by atoms with van der Waals surface area (Å²) in [4.78, 5) is 10.9. The molecule has 1 aliphatic carbocycles. The normalized spacial score (nSPS) is 22.9. The third kappa shape index (κ3) is 3.99. The molecule has 4 rings (SSSR count). The fraction of sp³-hybridized carbons (Fsp3) is 0.300. The Labute approximate surface area is 194 Å². The number of alkyl halides is 3. The van der Waals surface area contributed by atoms with Crippen LogP contribution in [-0.4, -0.2) is 23.1 Å². The van der Waals surface area contributed by atoms with Gasteiger partial charge in [0, 0.05) is 6.42 Å². The van der Waals surface area contributed by atoms with Gasteiger partial charge in [0.05, 0.1) is 26.8 Å². The topological polar surface area (TPSA) is 61.7 Å². The van der Waals surface area contributed by atoms with Crippen molar-refractivity contribution in [1.29, 1.82) is 0 Å². The SMILES string of the molecule is O=C(O)NC1CCc2cc(C3=NSC(c4cc(Cl)c(Cl)c(Cl)c4)(C(F)(F)F)C3)ccc21. The second kappa shape index (κ2) is 8.06. The highest BCUT2D eigenvalue weighted by Crippen LogP contribution is 2.57. The molecule has 1 aliphatic heterocycles. The summed E-state index contributed by atoms with van der Waals surface area (Å²) < 4.78 is 44.6. The molecule has 11 heteroatoms. The van der Waals surface area contributed by atoms with Crippen molar-refractivity contribution in [2.45, 2.75) is 36.2 Å². The van der Waals surface area contributed by atoms with Crippen LogP contribution in [0.4, 0.5) is 18.0 Å². The lowest BCUT2D eigenvalue weighted by Crippen LogP contribution is -2.38. The molecule has 0 bridgehead atoms. The molecule has 0 aromatic heterocycles. The molecule has 31 heavy (non-hydrogen) atoms. The molecule has 2 aromatic carbocycles. The van der Waals surface area contributed by atoms with Gasteiger partial charge in [-0.25, -0.2) is 9.19 Å². The van der Waals surface area contributed by atoms with Crippen LogP contribution in [0.1, 0.15) is 41.1 Å². The Kier molecular flexibility index (Phi) is 5.87. The van der Waals surface area contributed by atoms with Gasteiger partial charge in [-0.15, -0.1) is 0 Å². The zero-order valence-corrected chi connectivity index (χ0v) is 18.6. The molecule has 2 N–H and O–H groups in total. The van der Waals surface area contributed by atoms with E-state index in [1.165, 1.54) is 12.1 Å². The fourth-order valence-corrected chi connectivity index (χ4v) is 5.50. The third-order valence-corrected chi connectivity index (χ3v) is 7.92. The Balaban J connectivity index is 1.67. The number of halogens is 6. The first kappa shape index (κ1) is 22.6. The Hall–Kier alpha value is -1.61. The summed E-state index contributed by atoms with van der Waals surface area (Å²) in [5, 5.41) is 11.3. The van der Waals surface area contributed by atoms with Crippen LogP contribution in [0.15, 0.2) is 34.7 Å². The zero-order chi connectivity index (χ0) is 22.6. The van der Waals surface area contributed by atoms with Crippen molar-refractivity contribution >= 4 is 58.6 Å². The molecule has 164 valence electrons. The van der Waals surface area contributed by atoms with Crippen molar-refractivity contribution in [3.05, 3.63) is 67.7 Å². The molecule has 2 unspecified atom stereocenters. The van der Waals surface area contributed by atoms with Gasteiger partial charge >= 0.3 is 12.3 Å². The highest BCUT2D eigenvalue weighted by Gasteiger charge is 2.60. The van der Waals surface area contributed by atoms with E-state index in [1.54, 1.807) is 18.2 Å². The average molecular weight is 510 g/mol. The van der Waals surface area contributed by atoms with Gasteiger partial charge in [0.1, 0.15) is 0 Å². The maximum absolute atomic E-state index is 14.3. The van der Waals surface area contributed by atoms with Crippen LogP contribution in [-0.2, 0) is 11.2 Å². The summed E-state index contributed by atoms with van der Waals surface area (Å²) in [6, 6.07) is 7.24. The standard InChI is InChI=1S/C20H14Cl3F3N2O2S/c21-13-6-11(7-14(22)17(13)23)19(20(24,25)26)8-16(28-31-19)10-1-3-12-9(5-10)2-4-15(12)27-18(29)30/h1,3,5-7,15,27H,2,4,8H2,(H,29,30). The van der Waals surface area contributed by atoms with E-state index in [1.807, 2.05) is 0 Å². The predicted octanol–water partition coefficient (Wildman–Crippen LogP) is 7.20. The van der Waals surface area contributed by atoms with Gasteiger partial charge in [0.15, 0.2) is 4.75 Å². The van der Waals surface area contributed by atoms with E-state index in [4.69, 9.17) is 39.9 Å². The molecule has 4 nitrogen and oxygen atoms in total. The predicted molar refractivity (Wildman–Crippen MR) is 117 cm³/mol. The number of nitrogens with one attached hydrogen (secondary N) is 1. The van der Waals surface area contributed by atoms with Gasteiger partial charge in [-0.2, -0.15) is 13.2 Å². The number of hydrogen-bond acceptors (Lipinski definition) is 3. The first-order valence-electron chi connectivity index (χ1n) is 9.11. The van der Waals surface area contributed by atoms with E-state index in [-0.39, 0.29) is 26.7 Å². The summed E-state index contributed by atoms with van der Waals surface area (Å²) in [6.45, 7) is 0. The van der Waals surface area contributed by atoms with Crippen LogP contribution >= 0.6 is 46.8 Å². The number of hydrogen-bond donors (Lipinski definition) is 2. The van der Waals surface area contributed by atoms with Crippen molar-refractivity contribution < 1.29 is 23.1 Å². The monoisotopic (exact) mass is 508 g/mol. The Morgan fingerprint density at radius 1 is 1.19 bits per heavy atom. The summed E-state index contributed by atoms with van der Waals surface area (Å²) in [6.07, 6.45) is -4.92. The lowest BCUT2D eigenvalue weighted by atomic mass is 9.89. The Bertz CT molecular complexity index is 1090. The minimum Gasteiger partial charge on any atom is -0.465 e. The average Bonchev–Trinajstić information content (AvgIpc) is 3.30. The molecule has 0 radical (unpaired) electrons. The second-order valence-corrected chi connectivity index (χ2v) is 9.59. The van der Waals surface area contributed by atoms with Gasteiger partial charge < -0.3 is 10.4 Å². The van der Waals surface area contributed by atoms with E-state index in [0.717, 1.165) is 11.1 Å². The van der Waals surface area contributed by atoms with Crippen molar-refractivity contribution in [3.63, 3.8) is 0 Å². The number of benzene rings is 2. The molecule has 2 aromatic rings. The zero-order valence-electron chi connectivity index (χ0n) is 15.6.